The summed E-state index contributed by atoms with van der Waals surface area (Å²) in [5, 5.41) is 191. The van der Waals surface area contributed by atoms with Crippen LogP contribution in [0.3, 0.4) is 0 Å². The van der Waals surface area contributed by atoms with Crippen LogP contribution in [0.25, 0.3) is 12.2 Å². The minimum Gasteiger partial charge on any atom is -2.00 e. The van der Waals surface area contributed by atoms with Crippen LogP contribution in [-0.2, 0) is 510 Å². The summed E-state index contributed by atoms with van der Waals surface area (Å²) >= 11 is 0. The predicted octanol–water partition coefficient (Wildman–Crippen LogP) is -6.40. The van der Waals surface area contributed by atoms with Gasteiger partial charge in [0.25, 0.3) is 0 Å². The molecule has 0 N–H and O–H groups in total. The first-order chi connectivity index (χ1) is 41.8. The number of rotatable bonds is 4. The largest absolute Gasteiger partial charge is 4.00 e. The summed E-state index contributed by atoms with van der Waals surface area (Å²) in [4.78, 5) is 19.9. The van der Waals surface area contributed by atoms with E-state index < -0.39 is 122 Å². The number of carbonyl (C=O) groups is 2. The molecule has 0 spiro atoms. The van der Waals surface area contributed by atoms with Crippen molar-refractivity contribution in [3.8, 4) is 0 Å². The number of carboxylic acid groups (broad SMARTS) is 2. The summed E-state index contributed by atoms with van der Waals surface area (Å²) in [6.45, 7) is 58.0. The molecule has 772 valence electrons. The van der Waals surface area contributed by atoms with Crippen molar-refractivity contribution >= 4 is 24.1 Å². The molecule has 0 aliphatic heterocycles. The Hall–Kier alpha value is 7.32. The van der Waals surface area contributed by atoms with E-state index in [9.17, 15) is 112 Å². The first kappa shape index (κ1) is 409. The SMILES string of the molecule is CC(C)[O-].CC(C)[O-].CC(C)[O-].CC(C)[O-].CC(C)[O-].CC(C)[O-].CC(C)[O-].CC(C)[O-].CC(C)[O-].CC(C)[O-].CC(C)[O-].CC(C)[O-].CC(C)[O-].CC(C)[O-].CC(C)[O-].CC(C)[O-].CC(C)[O-].CC(C)[O-].O=C([O-])/C=C/c1ccccc1.O=C([O-])/C=C/c1ccccc1.[O-2].[O-2].[O-2].[O-2].[O-2].[O-2].[O-2].[O-2].[O-2].[O-2].[O-2].[O-2].[O-2].[O-2].[O-2].[O-2].[O-2].[O-2].[O-2].[O-2].[O-2].[O-2].[O-2].[O-2].[Ti+4].[Ti+4].[Ti+4].[Ti+4].[Ti+4].[Ti+4].[Ti+4].[Ti+4].[Ti+4].[Ti+4].[Ti+4].[Ti+4].[Ti+4].[Ti+4].[Ti+4].[Ti+4].[Ti+4]. The van der Waals surface area contributed by atoms with Crippen molar-refractivity contribution in [1.29, 1.82) is 0 Å². The standard InChI is InChI=1S/2C9H8O2.18C3H7O.24O.17Ti/c2*10-9(11)7-6-8-4-2-1-3-5-8;18*1-3(2)4;;;;;;;;;;;;;;;;;;;;;;;;;;;;;;;;;;;;;;;;;/h2*1-7H,(H,10,11);18*3H,1-2H3;;;;;;;;;;;;;;;;;;;;;;;;;;;;;;;;;;;;;;;;;/q;;18*-1;24*-2;17*+4/p-2/b2*7-6+;;;;;;;;;;;;;;;;;;;;;;;;;;;;;;;;;;;;;;;;;;;;;;;;;;;;;;;;;;;. The second-order valence-corrected chi connectivity index (χ2v) is 23.0. The van der Waals surface area contributed by atoms with Crippen LogP contribution in [0, 0.1) is 0 Å². The van der Waals surface area contributed by atoms with E-state index in [2.05, 4.69) is 0 Å². The Morgan fingerprint density at radius 1 is 0.156 bits per heavy atom. The molecule has 0 radical (unpaired) electrons. The van der Waals surface area contributed by atoms with Gasteiger partial charge in [0.05, 0.1) is 11.9 Å². The monoisotopic (exact) mass is 2560 g/mol. The van der Waals surface area contributed by atoms with Crippen molar-refractivity contribution in [2.75, 3.05) is 0 Å². The van der Waals surface area contributed by atoms with Crippen LogP contribution < -0.4 is 102 Å². The zero-order valence-electron chi connectivity index (χ0n) is 83.8. The molecule has 2 rings (SSSR count). The normalized spacial score (nSPS) is 6.46. The molecule has 0 saturated heterocycles. The Morgan fingerprint density at radius 2 is 0.207 bits per heavy atom. The minimum atomic E-state index is -1.17. The zero-order valence-corrected chi connectivity index (χ0v) is 110. The summed E-state index contributed by atoms with van der Waals surface area (Å²) < 4.78 is 0. The van der Waals surface area contributed by atoms with Crippen LogP contribution in [0.15, 0.2) is 72.8 Å². The van der Waals surface area contributed by atoms with Crippen molar-refractivity contribution in [2.45, 2.75) is 359 Å². The summed E-state index contributed by atoms with van der Waals surface area (Å²) in [6, 6.07) is 18.4. The summed E-state index contributed by atoms with van der Waals surface area (Å²) in [5.41, 5.74) is 1.72. The molecule has 2 aromatic rings. The molecule has 46 nitrogen and oxygen atoms in total. The van der Waals surface area contributed by atoms with Gasteiger partial charge in [0.2, 0.25) is 0 Å². The molecule has 0 unspecified atom stereocenters. The third kappa shape index (κ3) is 2470. The van der Waals surface area contributed by atoms with E-state index in [0.717, 1.165) is 23.3 Å². The van der Waals surface area contributed by atoms with E-state index in [-0.39, 0.29) is 501 Å². The molecular formula is C72H140O46Ti17. The fourth-order valence-corrected chi connectivity index (χ4v) is 1.46. The molecule has 0 aromatic heterocycles. The van der Waals surface area contributed by atoms with Crippen molar-refractivity contribution in [3.05, 3.63) is 83.9 Å². The van der Waals surface area contributed by atoms with Gasteiger partial charge in [-0.3, -0.25) is 0 Å². The van der Waals surface area contributed by atoms with Gasteiger partial charge in [-0.2, -0.15) is 0 Å². The number of hydrogen-bond donors (Lipinski definition) is 0. The number of benzene rings is 2. The van der Waals surface area contributed by atoms with E-state index in [1.165, 1.54) is 12.2 Å². The number of hydrogen-bond acceptors (Lipinski definition) is 22. The molecule has 135 heavy (non-hydrogen) atoms. The Balaban J connectivity index is -0.00000000786. The van der Waals surface area contributed by atoms with Crippen LogP contribution in [0.4, 0.5) is 0 Å². The van der Waals surface area contributed by atoms with Gasteiger partial charge in [0, 0.05) is 0 Å². The molecule has 0 amide bonds. The van der Waals surface area contributed by atoms with Crippen LogP contribution >= 0.6 is 0 Å². The van der Waals surface area contributed by atoms with Crippen LogP contribution in [-0.4, -0.2) is 122 Å². The number of carbonyl (C=O) groups excluding carboxylic acids is 2. The van der Waals surface area contributed by atoms with Crippen LogP contribution in [0.2, 0.25) is 0 Å². The predicted molar refractivity (Wildman–Crippen MR) is 370 cm³/mol. The number of aliphatic carboxylic acids is 2. The van der Waals surface area contributed by atoms with Crippen molar-refractivity contribution < 1.29 is 612 Å². The molecule has 2 aromatic carbocycles. The molecule has 0 bridgehead atoms. The Bertz CT molecular complexity index is 1290. The molecular weight excluding hydrogens is 2410 g/mol. The molecule has 63 heteroatoms. The van der Waals surface area contributed by atoms with Crippen molar-refractivity contribution in [3.63, 3.8) is 0 Å². The smallest absolute Gasteiger partial charge is 2.00 e. The molecule has 0 heterocycles. The molecule has 0 aliphatic rings. The van der Waals surface area contributed by atoms with E-state index in [1.54, 1.807) is 249 Å². The fourth-order valence-electron chi connectivity index (χ4n) is 1.46. The Labute approximate surface area is 1060 Å². The van der Waals surface area contributed by atoms with E-state index in [4.69, 9.17) is 0 Å². The van der Waals surface area contributed by atoms with Gasteiger partial charge in [-0.05, 0) is 23.3 Å². The van der Waals surface area contributed by atoms with E-state index >= 15 is 0 Å². The van der Waals surface area contributed by atoms with Crippen molar-refractivity contribution in [1.82, 2.24) is 0 Å². The first-order valence-electron chi connectivity index (χ1n) is 31.5. The van der Waals surface area contributed by atoms with Gasteiger partial charge < -0.3 is 243 Å². The first-order valence-corrected chi connectivity index (χ1v) is 31.5. The molecule has 0 fully saturated rings. The zero-order chi connectivity index (χ0) is 80.6. The van der Waals surface area contributed by atoms with Gasteiger partial charge in [-0.1, -0.05) is 322 Å². The second-order valence-electron chi connectivity index (χ2n) is 23.0. The second kappa shape index (κ2) is 365. The average molecular weight is 2560 g/mol. The van der Waals surface area contributed by atoms with Crippen molar-refractivity contribution in [2.24, 2.45) is 0 Å². The topological polar surface area (TPSA) is 1180 Å². The third-order valence-electron chi connectivity index (χ3n) is 2.42. The number of carboxylic acids is 2. The maximum atomic E-state index is 9.97. The molecule has 0 saturated carbocycles. The Morgan fingerprint density at radius 3 is 0.252 bits per heavy atom. The van der Waals surface area contributed by atoms with E-state index in [1.807, 2.05) is 60.7 Å². The van der Waals surface area contributed by atoms with Gasteiger partial charge in [0.15, 0.2) is 0 Å². The fraction of sp³-hybridized carbons (Fsp3) is 0.750. The quantitative estimate of drug-likeness (QED) is 0.203. The van der Waals surface area contributed by atoms with Gasteiger partial charge >= 0.3 is 369 Å². The van der Waals surface area contributed by atoms with Gasteiger partial charge in [-0.15, -0.1) is 110 Å². The maximum Gasteiger partial charge on any atom is 4.00 e. The Kier molecular flexibility index (Phi) is 1110. The van der Waals surface area contributed by atoms with Gasteiger partial charge in [-0.25, -0.2) is 0 Å². The third-order valence-corrected chi connectivity index (χ3v) is 2.42. The summed E-state index contributed by atoms with van der Waals surface area (Å²) in [5.74, 6) is -2.34. The summed E-state index contributed by atoms with van der Waals surface area (Å²) in [7, 11) is 0. The van der Waals surface area contributed by atoms with Crippen LogP contribution in [0.1, 0.15) is 260 Å². The van der Waals surface area contributed by atoms with E-state index in [0.29, 0.717) is 0 Å². The minimum absolute atomic E-state index is 0. The van der Waals surface area contributed by atoms with Gasteiger partial charge in [0.1, 0.15) is 0 Å². The molecule has 0 atom stereocenters. The maximum absolute atomic E-state index is 9.97. The van der Waals surface area contributed by atoms with Crippen LogP contribution in [0.5, 0.6) is 0 Å². The summed E-state index contributed by atoms with van der Waals surface area (Å²) in [6.07, 6.45) is -2.49. The average Bonchev–Trinajstić information content (AvgIpc) is 3.25. The molecule has 0 aliphatic carbocycles.